The zero-order valence-corrected chi connectivity index (χ0v) is 15.9. The Hall–Kier alpha value is -2.81. The second-order valence-electron chi connectivity index (χ2n) is 7.68. The lowest BCUT2D eigenvalue weighted by Gasteiger charge is -2.39. The zero-order valence-electron chi connectivity index (χ0n) is 15.9. The highest BCUT2D eigenvalue weighted by molar-refractivity contribution is 5.91. The van der Waals surface area contributed by atoms with Gasteiger partial charge in [-0.2, -0.15) is 0 Å². The highest BCUT2D eigenvalue weighted by Gasteiger charge is 2.43. The predicted molar refractivity (Wildman–Crippen MR) is 101 cm³/mol. The van der Waals surface area contributed by atoms with Crippen LogP contribution in [0.5, 0.6) is 5.75 Å². The molecule has 0 bridgehead atoms. The molecule has 3 N–H and O–H groups in total. The van der Waals surface area contributed by atoms with Crippen LogP contribution in [0.25, 0.3) is 0 Å². The molecule has 0 radical (unpaired) electrons. The highest BCUT2D eigenvalue weighted by atomic mass is 19.1. The van der Waals surface area contributed by atoms with E-state index in [0.717, 1.165) is 6.07 Å². The van der Waals surface area contributed by atoms with Crippen molar-refractivity contribution in [3.05, 3.63) is 58.7 Å². The van der Waals surface area contributed by atoms with Crippen LogP contribution in [-0.2, 0) is 12.8 Å². The third-order valence-corrected chi connectivity index (χ3v) is 5.56. The largest absolute Gasteiger partial charge is 0.478 e. The fourth-order valence-electron chi connectivity index (χ4n) is 4.07. The molecule has 0 fully saturated rings. The van der Waals surface area contributed by atoms with Crippen molar-refractivity contribution in [2.45, 2.75) is 37.0 Å². The van der Waals surface area contributed by atoms with Crippen molar-refractivity contribution in [1.29, 1.82) is 0 Å². The molecule has 2 atom stereocenters. The van der Waals surface area contributed by atoms with E-state index >= 15 is 0 Å². The number of ether oxygens (including phenoxy) is 1. The second kappa shape index (κ2) is 7.79. The van der Waals surface area contributed by atoms with E-state index in [9.17, 15) is 27.5 Å². The van der Waals surface area contributed by atoms with Gasteiger partial charge in [0.05, 0.1) is 12.1 Å². The number of nitrogens with one attached hydrogen (secondary N) is 2. The average molecular weight is 424 g/mol. The zero-order chi connectivity index (χ0) is 21.5. The number of aliphatic hydroxyl groups is 1. The van der Waals surface area contributed by atoms with E-state index < -0.39 is 48.8 Å². The molecule has 160 valence electrons. The summed E-state index contributed by atoms with van der Waals surface area (Å²) in [5, 5.41) is 15.0. The molecular formula is C21H20F4N2O3. The number of anilines is 1. The Labute approximate surface area is 170 Å². The number of carbonyl (C=O) groups excluding carboxylic acids is 1. The fourth-order valence-corrected chi connectivity index (χ4v) is 4.07. The molecule has 1 aliphatic heterocycles. The van der Waals surface area contributed by atoms with Crippen molar-refractivity contribution in [1.82, 2.24) is 5.32 Å². The molecule has 1 heterocycles. The number of para-hydroxylation sites is 1. The maximum absolute atomic E-state index is 14.2. The third kappa shape index (κ3) is 3.58. The monoisotopic (exact) mass is 424 g/mol. The van der Waals surface area contributed by atoms with Gasteiger partial charge in [0.25, 0.3) is 0 Å². The van der Waals surface area contributed by atoms with Gasteiger partial charge in [-0.05, 0) is 29.3 Å². The van der Waals surface area contributed by atoms with Crippen LogP contribution in [0.15, 0.2) is 30.3 Å². The van der Waals surface area contributed by atoms with Gasteiger partial charge in [-0.15, -0.1) is 0 Å². The van der Waals surface area contributed by atoms with E-state index in [2.05, 4.69) is 10.6 Å². The van der Waals surface area contributed by atoms with Crippen LogP contribution in [0.1, 0.15) is 29.2 Å². The van der Waals surface area contributed by atoms with Crippen molar-refractivity contribution in [3.8, 4) is 5.75 Å². The minimum Gasteiger partial charge on any atom is -0.478 e. The van der Waals surface area contributed by atoms with E-state index in [1.165, 1.54) is 24.3 Å². The van der Waals surface area contributed by atoms with Crippen LogP contribution in [0, 0.1) is 11.6 Å². The molecule has 1 aliphatic carbocycles. The molecule has 0 spiro atoms. The summed E-state index contributed by atoms with van der Waals surface area (Å²) >= 11 is 0. The number of alkyl halides is 2. The van der Waals surface area contributed by atoms with E-state index in [1.807, 2.05) is 0 Å². The molecule has 5 nitrogen and oxygen atoms in total. The van der Waals surface area contributed by atoms with Crippen LogP contribution in [0.2, 0.25) is 0 Å². The molecule has 4 rings (SSSR count). The van der Waals surface area contributed by atoms with Crippen molar-refractivity contribution >= 4 is 11.7 Å². The first-order valence-electron chi connectivity index (χ1n) is 9.51. The van der Waals surface area contributed by atoms with Crippen LogP contribution in [-0.4, -0.2) is 36.2 Å². The Kier molecular flexibility index (Phi) is 5.31. The van der Waals surface area contributed by atoms with E-state index in [0.29, 0.717) is 16.8 Å². The second-order valence-corrected chi connectivity index (χ2v) is 7.68. The van der Waals surface area contributed by atoms with Crippen LogP contribution in [0.3, 0.4) is 0 Å². The van der Waals surface area contributed by atoms with Gasteiger partial charge in [0.2, 0.25) is 0 Å². The number of halogens is 4. The van der Waals surface area contributed by atoms with Gasteiger partial charge in [0, 0.05) is 30.5 Å². The van der Waals surface area contributed by atoms with Gasteiger partial charge >= 0.3 is 6.03 Å². The Bertz CT molecular complexity index is 981. The quantitative estimate of drug-likeness (QED) is 0.655. The van der Waals surface area contributed by atoms with Gasteiger partial charge in [-0.1, -0.05) is 12.1 Å². The number of urea groups is 1. The SMILES string of the molecule is O=C(Nc1ccc(F)c2c1C[C@H](O)C2)N[C@@H]1CC(CF)(CF)Oc2c(F)cccc21. The maximum atomic E-state index is 14.2. The van der Waals surface area contributed by atoms with Gasteiger partial charge in [-0.3, -0.25) is 0 Å². The maximum Gasteiger partial charge on any atom is 0.319 e. The highest BCUT2D eigenvalue weighted by Crippen LogP contribution is 2.42. The minimum atomic E-state index is -1.89. The Balaban J connectivity index is 1.58. The summed E-state index contributed by atoms with van der Waals surface area (Å²) in [7, 11) is 0. The molecule has 30 heavy (non-hydrogen) atoms. The topological polar surface area (TPSA) is 70.6 Å². The number of aliphatic hydroxyl groups excluding tert-OH is 1. The van der Waals surface area contributed by atoms with E-state index in [-0.39, 0.29) is 30.6 Å². The lowest BCUT2D eigenvalue weighted by Crippen LogP contribution is -2.49. The molecule has 0 saturated carbocycles. The number of benzene rings is 2. The first-order chi connectivity index (χ1) is 14.4. The molecule has 0 unspecified atom stereocenters. The number of rotatable bonds is 4. The molecule has 2 aromatic rings. The van der Waals surface area contributed by atoms with Gasteiger partial charge in [-0.25, -0.2) is 22.4 Å². The lowest BCUT2D eigenvalue weighted by atomic mass is 9.88. The molecule has 2 aromatic carbocycles. The normalized spacial score (nSPS) is 21.4. The molecular weight excluding hydrogens is 404 g/mol. The van der Waals surface area contributed by atoms with E-state index in [1.54, 1.807) is 0 Å². The standard InChI is InChI=1S/C21H20F4N2O3/c22-9-21(10-23)8-18(12-2-1-3-16(25)19(12)30-21)27-20(29)26-17-5-4-15(24)13-6-11(28)7-14(13)17/h1-5,11,18,28H,6-10H2,(H2,26,27,29)/t11-,18-/m1/s1. The molecule has 0 aromatic heterocycles. The predicted octanol–water partition coefficient (Wildman–Crippen LogP) is 3.75. The Morgan fingerprint density at radius 1 is 1.10 bits per heavy atom. The van der Waals surface area contributed by atoms with Crippen LogP contribution in [0.4, 0.5) is 28.0 Å². The van der Waals surface area contributed by atoms with Gasteiger partial charge in [0.15, 0.2) is 17.2 Å². The van der Waals surface area contributed by atoms with Crippen LogP contribution < -0.4 is 15.4 Å². The van der Waals surface area contributed by atoms with Crippen molar-refractivity contribution < 1.29 is 32.2 Å². The Morgan fingerprint density at radius 2 is 1.83 bits per heavy atom. The number of carbonyl (C=O) groups is 1. The number of fused-ring (bicyclic) bond motifs is 2. The minimum absolute atomic E-state index is 0.153. The third-order valence-electron chi connectivity index (χ3n) is 5.56. The first kappa shape index (κ1) is 20.5. The molecule has 9 heteroatoms. The summed E-state index contributed by atoms with van der Waals surface area (Å²) < 4.78 is 60.6. The lowest BCUT2D eigenvalue weighted by molar-refractivity contribution is -0.0137. The van der Waals surface area contributed by atoms with Crippen molar-refractivity contribution in [2.75, 3.05) is 18.7 Å². The summed E-state index contributed by atoms with van der Waals surface area (Å²) in [6.07, 6.45) is -0.619. The fraction of sp³-hybridized carbons (Fsp3) is 0.381. The van der Waals surface area contributed by atoms with Crippen molar-refractivity contribution in [2.24, 2.45) is 0 Å². The number of amides is 2. The average Bonchev–Trinajstić information content (AvgIpc) is 3.13. The summed E-state index contributed by atoms with van der Waals surface area (Å²) in [4.78, 5) is 12.6. The van der Waals surface area contributed by atoms with E-state index in [4.69, 9.17) is 4.74 Å². The number of hydrogen-bond donors (Lipinski definition) is 3. The Morgan fingerprint density at radius 3 is 2.57 bits per heavy atom. The first-order valence-corrected chi connectivity index (χ1v) is 9.51. The summed E-state index contributed by atoms with van der Waals surface area (Å²) in [6, 6.07) is 5.00. The molecule has 2 aliphatic rings. The summed E-state index contributed by atoms with van der Waals surface area (Å²) in [5.41, 5.74) is -0.462. The molecule has 2 amide bonds. The van der Waals surface area contributed by atoms with Gasteiger partial charge in [0.1, 0.15) is 19.2 Å². The molecule has 0 saturated heterocycles. The summed E-state index contributed by atoms with van der Waals surface area (Å²) in [6.45, 7) is -2.39. The van der Waals surface area contributed by atoms with Gasteiger partial charge < -0.3 is 20.5 Å². The van der Waals surface area contributed by atoms with Crippen molar-refractivity contribution in [3.63, 3.8) is 0 Å². The number of hydrogen-bond acceptors (Lipinski definition) is 3. The van der Waals surface area contributed by atoms with Crippen LogP contribution >= 0.6 is 0 Å². The smallest absolute Gasteiger partial charge is 0.319 e. The summed E-state index contributed by atoms with van der Waals surface area (Å²) in [5.74, 6) is -1.54.